The molecule has 0 saturated heterocycles. The van der Waals surface area contributed by atoms with Crippen LogP contribution in [0.5, 0.6) is 0 Å². The minimum absolute atomic E-state index is 0.172. The topological polar surface area (TPSA) is 23.8 Å². The standard InChI is InChI=1S/C23H24.C16H18.C15H16.C9H9N.C8H10/c1-5-23(6-2)20-13-15(3)11-12-19(20)22-18-10-8-7-9-17(18)16(4)14-21(22)23;1-4-14-9-10-16(13(3)11-14)15-8-6-5-7-12(15)2;1-12(2)13-8-10-15(11-9-13)14-6-4-3-5-7-14;1-7-3-4-8(2)9(5-7)6-10;1-7-5-3-4-6-8(7)2/h7-14H,5-6H2,1-4H3;5-11H,4H2,1-3H3;3-12H,1-2H3;3-5H,1-2H3;3-6H,1-2H3. The van der Waals surface area contributed by atoms with Gasteiger partial charge in [-0.15, -0.1) is 0 Å². The van der Waals surface area contributed by atoms with Crippen molar-refractivity contribution < 1.29 is 0 Å². The largest absolute Gasteiger partial charge is 0.192 e. The lowest BCUT2D eigenvalue weighted by Crippen LogP contribution is -2.23. The maximum atomic E-state index is 8.59. The van der Waals surface area contributed by atoms with Crippen LogP contribution in [0.2, 0.25) is 0 Å². The van der Waals surface area contributed by atoms with Crippen LogP contribution in [0.15, 0.2) is 188 Å². The van der Waals surface area contributed by atoms with Crippen molar-refractivity contribution in [1.29, 1.82) is 5.26 Å². The van der Waals surface area contributed by atoms with E-state index in [4.69, 9.17) is 5.26 Å². The number of aryl methyl sites for hydroxylation is 9. The third-order valence-corrected chi connectivity index (χ3v) is 14.7. The fourth-order valence-corrected chi connectivity index (χ4v) is 9.99. The molecule has 1 aliphatic rings. The Balaban J connectivity index is 0.000000154. The maximum Gasteiger partial charge on any atom is 0.0994 e. The number of hydrogen-bond donors (Lipinski definition) is 0. The zero-order chi connectivity index (χ0) is 52.0. The third kappa shape index (κ3) is 12.8. The van der Waals surface area contributed by atoms with Crippen LogP contribution >= 0.6 is 0 Å². The first-order chi connectivity index (χ1) is 34.7. The molecule has 1 aliphatic carbocycles. The number of fused-ring (bicyclic) bond motifs is 5. The first kappa shape index (κ1) is 54.1. The van der Waals surface area contributed by atoms with E-state index in [1.807, 2.05) is 38.1 Å². The molecule has 0 aromatic heterocycles. The van der Waals surface area contributed by atoms with Gasteiger partial charge in [0, 0.05) is 5.41 Å². The smallest absolute Gasteiger partial charge is 0.0994 e. The summed E-state index contributed by atoms with van der Waals surface area (Å²) in [7, 11) is 0. The summed E-state index contributed by atoms with van der Waals surface area (Å²) in [5, 5.41) is 11.4. The second-order valence-electron chi connectivity index (χ2n) is 20.0. The molecular weight excluding hydrogens is 867 g/mol. The summed E-state index contributed by atoms with van der Waals surface area (Å²) in [4.78, 5) is 0. The van der Waals surface area contributed by atoms with Crippen LogP contribution < -0.4 is 0 Å². The van der Waals surface area contributed by atoms with Gasteiger partial charge in [-0.1, -0.05) is 222 Å². The molecule has 9 aromatic rings. The van der Waals surface area contributed by atoms with Gasteiger partial charge in [-0.25, -0.2) is 0 Å². The molecule has 0 atom stereocenters. The van der Waals surface area contributed by atoms with E-state index in [9.17, 15) is 0 Å². The maximum absolute atomic E-state index is 8.59. The van der Waals surface area contributed by atoms with E-state index in [0.717, 1.165) is 36.0 Å². The second-order valence-corrected chi connectivity index (χ2v) is 20.0. The van der Waals surface area contributed by atoms with Crippen LogP contribution in [-0.4, -0.2) is 0 Å². The van der Waals surface area contributed by atoms with Crippen LogP contribution in [0.1, 0.15) is 126 Å². The minimum Gasteiger partial charge on any atom is -0.192 e. The van der Waals surface area contributed by atoms with Gasteiger partial charge < -0.3 is 0 Å². The molecule has 0 unspecified atom stereocenters. The van der Waals surface area contributed by atoms with Crippen molar-refractivity contribution >= 4 is 10.8 Å². The van der Waals surface area contributed by atoms with Crippen molar-refractivity contribution in [1.82, 2.24) is 0 Å². The van der Waals surface area contributed by atoms with Crippen LogP contribution in [0.4, 0.5) is 0 Å². The van der Waals surface area contributed by atoms with Gasteiger partial charge in [-0.05, 0) is 192 Å². The summed E-state index contributed by atoms with van der Waals surface area (Å²) in [6.07, 6.45) is 3.42. The Hall–Kier alpha value is -7.27. The van der Waals surface area contributed by atoms with E-state index in [2.05, 4.69) is 246 Å². The Morgan fingerprint density at radius 1 is 0.417 bits per heavy atom. The normalized spacial score (nSPS) is 11.5. The van der Waals surface area contributed by atoms with E-state index in [0.29, 0.717) is 5.92 Å². The van der Waals surface area contributed by atoms with Gasteiger partial charge in [0.05, 0.1) is 11.6 Å². The Morgan fingerprint density at radius 2 is 0.944 bits per heavy atom. The summed E-state index contributed by atoms with van der Waals surface area (Å²) in [5.74, 6) is 0.606. The van der Waals surface area contributed by atoms with Crippen molar-refractivity contribution in [3.05, 3.63) is 260 Å². The Kier molecular flexibility index (Phi) is 18.9. The molecule has 0 bridgehead atoms. The van der Waals surface area contributed by atoms with Crippen LogP contribution in [-0.2, 0) is 11.8 Å². The van der Waals surface area contributed by atoms with Crippen LogP contribution in [0, 0.1) is 66.7 Å². The summed E-state index contributed by atoms with van der Waals surface area (Å²) in [6, 6.07) is 69.4. The number of benzene rings is 9. The number of hydrogen-bond acceptors (Lipinski definition) is 1. The summed E-state index contributed by atoms with van der Waals surface area (Å²) >= 11 is 0. The van der Waals surface area contributed by atoms with E-state index in [1.54, 1.807) is 5.56 Å². The van der Waals surface area contributed by atoms with Crippen molar-refractivity contribution in [2.45, 2.75) is 121 Å². The van der Waals surface area contributed by atoms with Crippen LogP contribution in [0.3, 0.4) is 0 Å². The van der Waals surface area contributed by atoms with E-state index < -0.39 is 0 Å². The van der Waals surface area contributed by atoms with Crippen molar-refractivity contribution in [2.75, 3.05) is 0 Å². The van der Waals surface area contributed by atoms with E-state index >= 15 is 0 Å². The molecule has 0 aliphatic heterocycles. The van der Waals surface area contributed by atoms with E-state index in [-0.39, 0.29) is 5.41 Å². The highest BCUT2D eigenvalue weighted by molar-refractivity contribution is 6.04. The molecule has 1 nitrogen and oxygen atoms in total. The Bertz CT molecular complexity index is 3220. The molecule has 366 valence electrons. The van der Waals surface area contributed by atoms with Gasteiger partial charge in [0.15, 0.2) is 0 Å². The first-order valence-electron chi connectivity index (χ1n) is 26.1. The van der Waals surface area contributed by atoms with E-state index in [1.165, 1.54) is 94.2 Å². The highest BCUT2D eigenvalue weighted by Crippen LogP contribution is 2.55. The van der Waals surface area contributed by atoms with Gasteiger partial charge in [-0.3, -0.25) is 0 Å². The zero-order valence-corrected chi connectivity index (χ0v) is 45.5. The Morgan fingerprint density at radius 3 is 1.50 bits per heavy atom. The fourth-order valence-electron chi connectivity index (χ4n) is 9.99. The predicted molar refractivity (Wildman–Crippen MR) is 313 cm³/mol. The van der Waals surface area contributed by atoms with Crippen LogP contribution in [0.25, 0.3) is 44.2 Å². The number of nitrogens with zero attached hydrogens (tertiary/aromatic N) is 1. The molecule has 1 heteroatoms. The lowest BCUT2D eigenvalue weighted by atomic mass is 9.73. The first-order valence-corrected chi connectivity index (χ1v) is 26.1. The average Bonchev–Trinajstić information content (AvgIpc) is 3.67. The molecule has 0 fully saturated rings. The highest BCUT2D eigenvalue weighted by atomic mass is 14.4. The minimum atomic E-state index is 0.172. The second kappa shape index (κ2) is 25.2. The summed E-state index contributed by atoms with van der Waals surface area (Å²) in [5.41, 5.74) is 25.4. The van der Waals surface area contributed by atoms with Gasteiger partial charge in [-0.2, -0.15) is 5.26 Å². The summed E-state index contributed by atoms with van der Waals surface area (Å²) < 4.78 is 0. The van der Waals surface area contributed by atoms with Gasteiger partial charge in [0.2, 0.25) is 0 Å². The Labute approximate surface area is 434 Å². The SMILES string of the molecule is CC(C)c1ccc(-c2ccccc2)cc1.CCC1(CC)c2cc(C)ccc2-c2c1cc(C)c1ccccc21.CCc1ccc(-c2ccccc2C)c(C)c1.Cc1ccc(C)c(C#N)c1.Cc1ccccc1C. The number of rotatable bonds is 6. The molecule has 9 aromatic carbocycles. The van der Waals surface area contributed by atoms with Crippen molar-refractivity contribution in [2.24, 2.45) is 0 Å². The van der Waals surface area contributed by atoms with Gasteiger partial charge >= 0.3 is 0 Å². The van der Waals surface area contributed by atoms with Gasteiger partial charge in [0.1, 0.15) is 0 Å². The van der Waals surface area contributed by atoms with Crippen molar-refractivity contribution in [3.63, 3.8) is 0 Å². The molecule has 0 radical (unpaired) electrons. The molecule has 0 spiro atoms. The third-order valence-electron chi connectivity index (χ3n) is 14.7. The molecule has 10 rings (SSSR count). The molecule has 0 heterocycles. The molecule has 0 saturated carbocycles. The number of nitriles is 1. The van der Waals surface area contributed by atoms with Crippen molar-refractivity contribution in [3.8, 4) is 39.4 Å². The molecule has 0 amide bonds. The quantitative estimate of drug-likeness (QED) is 0.163. The monoisotopic (exact) mass is 944 g/mol. The average molecular weight is 944 g/mol. The lowest BCUT2D eigenvalue weighted by molar-refractivity contribution is 0.490. The zero-order valence-electron chi connectivity index (χ0n) is 45.5. The molecule has 0 N–H and O–H groups in total. The highest BCUT2D eigenvalue weighted by Gasteiger charge is 2.41. The molecular formula is C71H77N. The fraction of sp³-hybridized carbons (Fsp3) is 0.254. The predicted octanol–water partition coefficient (Wildman–Crippen LogP) is 20.0. The summed E-state index contributed by atoms with van der Waals surface area (Å²) in [6.45, 7) is 28.3. The lowest BCUT2D eigenvalue weighted by Gasteiger charge is -2.30. The van der Waals surface area contributed by atoms with Gasteiger partial charge in [0.25, 0.3) is 0 Å². The molecule has 72 heavy (non-hydrogen) atoms.